The molecule has 0 bridgehead atoms. The fraction of sp³-hybridized carbons (Fsp3) is 0.133. The van der Waals surface area contributed by atoms with Gasteiger partial charge in [-0.1, -0.05) is 15.9 Å². The molecule has 0 fully saturated rings. The Balaban J connectivity index is 1.81. The van der Waals surface area contributed by atoms with E-state index in [0.29, 0.717) is 0 Å². The molecule has 0 saturated heterocycles. The topological polar surface area (TPSA) is 71.1 Å². The number of thiazole rings is 1. The second-order valence-corrected chi connectivity index (χ2v) is 6.27. The van der Waals surface area contributed by atoms with Crippen molar-refractivity contribution in [3.63, 3.8) is 0 Å². The molecule has 2 N–H and O–H groups in total. The van der Waals surface area contributed by atoms with Crippen LogP contribution >= 0.6 is 27.3 Å². The molecular formula is C15H14BrN3O2S. The van der Waals surface area contributed by atoms with E-state index in [1.165, 1.54) is 17.4 Å². The van der Waals surface area contributed by atoms with Crippen LogP contribution in [0.4, 0.5) is 5.69 Å². The molecule has 0 spiro atoms. The van der Waals surface area contributed by atoms with Crippen molar-refractivity contribution in [3.8, 4) is 0 Å². The van der Waals surface area contributed by atoms with Crippen LogP contribution in [-0.2, 0) is 9.59 Å². The van der Waals surface area contributed by atoms with E-state index in [4.69, 9.17) is 0 Å². The number of halogens is 1. The molecule has 1 heterocycles. The van der Waals surface area contributed by atoms with Crippen LogP contribution in [0.25, 0.3) is 6.08 Å². The molecule has 22 heavy (non-hydrogen) atoms. The molecule has 0 radical (unpaired) electrons. The maximum Gasteiger partial charge on any atom is 0.244 e. The van der Waals surface area contributed by atoms with Gasteiger partial charge in [0.25, 0.3) is 0 Å². The minimum Gasteiger partial charge on any atom is -0.343 e. The highest BCUT2D eigenvalue weighted by molar-refractivity contribution is 9.10. The quantitative estimate of drug-likeness (QED) is 0.784. The largest absolute Gasteiger partial charge is 0.343 e. The second-order valence-electron chi connectivity index (χ2n) is 4.43. The van der Waals surface area contributed by atoms with E-state index in [-0.39, 0.29) is 18.4 Å². The molecule has 0 atom stereocenters. The highest BCUT2D eigenvalue weighted by atomic mass is 79.9. The number of rotatable bonds is 5. The van der Waals surface area contributed by atoms with E-state index in [9.17, 15) is 9.59 Å². The molecule has 0 unspecified atom stereocenters. The van der Waals surface area contributed by atoms with E-state index >= 15 is 0 Å². The lowest BCUT2D eigenvalue weighted by atomic mass is 10.2. The Morgan fingerprint density at radius 1 is 1.41 bits per heavy atom. The maximum absolute atomic E-state index is 11.8. The predicted octanol–water partition coefficient (Wildman–Crippen LogP) is 2.98. The fourth-order valence-corrected chi connectivity index (χ4v) is 2.66. The van der Waals surface area contributed by atoms with Crippen LogP contribution in [0.2, 0.25) is 0 Å². The third-order valence-electron chi connectivity index (χ3n) is 2.71. The minimum atomic E-state index is -0.335. The van der Waals surface area contributed by atoms with Crippen LogP contribution < -0.4 is 10.6 Å². The Hall–Kier alpha value is -1.99. The number of hydrogen-bond donors (Lipinski definition) is 2. The Morgan fingerprint density at radius 3 is 2.91 bits per heavy atom. The molecule has 2 amide bonds. The van der Waals surface area contributed by atoms with Crippen LogP contribution in [0.1, 0.15) is 10.6 Å². The van der Waals surface area contributed by atoms with Crippen molar-refractivity contribution in [2.45, 2.75) is 6.92 Å². The molecule has 7 heteroatoms. The van der Waals surface area contributed by atoms with Gasteiger partial charge >= 0.3 is 0 Å². The lowest BCUT2D eigenvalue weighted by molar-refractivity contribution is -0.121. The van der Waals surface area contributed by atoms with Crippen LogP contribution in [0.15, 0.2) is 40.3 Å². The summed E-state index contributed by atoms with van der Waals surface area (Å²) in [4.78, 5) is 27.4. The van der Waals surface area contributed by atoms with Gasteiger partial charge in [-0.15, -0.1) is 11.3 Å². The minimum absolute atomic E-state index is 0.0868. The van der Waals surface area contributed by atoms with Gasteiger partial charge in [0.2, 0.25) is 11.8 Å². The summed E-state index contributed by atoms with van der Waals surface area (Å²) in [5, 5.41) is 7.85. The van der Waals surface area contributed by atoms with Crippen LogP contribution in [0.3, 0.4) is 0 Å². The first-order chi connectivity index (χ1) is 10.5. The number of hydrogen-bond acceptors (Lipinski definition) is 4. The van der Waals surface area contributed by atoms with Crippen molar-refractivity contribution in [1.29, 1.82) is 0 Å². The SMILES string of the molecule is Cc1cc(Br)ccc1NC(=O)CNC(=O)C=Cc1nccs1. The predicted molar refractivity (Wildman–Crippen MR) is 91.7 cm³/mol. The van der Waals surface area contributed by atoms with E-state index in [0.717, 1.165) is 20.7 Å². The average Bonchev–Trinajstić information content (AvgIpc) is 2.99. The van der Waals surface area contributed by atoms with Gasteiger partial charge in [0.05, 0.1) is 6.54 Å². The van der Waals surface area contributed by atoms with Crippen LogP contribution in [0, 0.1) is 6.92 Å². The average molecular weight is 380 g/mol. The summed E-state index contributed by atoms with van der Waals surface area (Å²) in [5.74, 6) is -0.612. The Kier molecular flexibility index (Phi) is 5.85. The number of aryl methyl sites for hydroxylation is 1. The summed E-state index contributed by atoms with van der Waals surface area (Å²) in [7, 11) is 0. The molecule has 1 aromatic carbocycles. The highest BCUT2D eigenvalue weighted by Gasteiger charge is 2.06. The molecule has 0 saturated carbocycles. The summed E-state index contributed by atoms with van der Waals surface area (Å²) < 4.78 is 0.948. The van der Waals surface area contributed by atoms with Gasteiger partial charge in [0, 0.05) is 27.8 Å². The monoisotopic (exact) mass is 379 g/mol. The van der Waals surface area contributed by atoms with Crippen molar-refractivity contribution < 1.29 is 9.59 Å². The number of benzene rings is 1. The zero-order valence-electron chi connectivity index (χ0n) is 11.8. The van der Waals surface area contributed by atoms with E-state index in [2.05, 4.69) is 31.5 Å². The van der Waals surface area contributed by atoms with Gasteiger partial charge in [0.1, 0.15) is 5.01 Å². The number of carbonyl (C=O) groups is 2. The zero-order valence-corrected chi connectivity index (χ0v) is 14.2. The summed E-state index contributed by atoms with van der Waals surface area (Å²) in [6.45, 7) is 1.81. The van der Waals surface area contributed by atoms with Gasteiger partial charge in [-0.05, 0) is 36.8 Å². The number of nitrogens with one attached hydrogen (secondary N) is 2. The Morgan fingerprint density at radius 2 is 2.23 bits per heavy atom. The molecule has 1 aromatic heterocycles. The summed E-state index contributed by atoms with van der Waals surface area (Å²) >= 11 is 4.80. The van der Waals surface area contributed by atoms with E-state index in [1.54, 1.807) is 12.3 Å². The Bertz CT molecular complexity index is 699. The summed E-state index contributed by atoms with van der Waals surface area (Å²) in [5.41, 5.74) is 1.67. The third-order valence-corrected chi connectivity index (χ3v) is 3.95. The zero-order chi connectivity index (χ0) is 15.9. The maximum atomic E-state index is 11.8. The lowest BCUT2D eigenvalue weighted by Crippen LogP contribution is -2.31. The van der Waals surface area contributed by atoms with Gasteiger partial charge in [-0.25, -0.2) is 4.98 Å². The smallest absolute Gasteiger partial charge is 0.244 e. The molecular weight excluding hydrogens is 366 g/mol. The van der Waals surface area contributed by atoms with Crippen LogP contribution in [0.5, 0.6) is 0 Å². The van der Waals surface area contributed by atoms with E-state index in [1.807, 2.05) is 30.5 Å². The van der Waals surface area contributed by atoms with Crippen molar-refractivity contribution in [2.24, 2.45) is 0 Å². The molecule has 5 nitrogen and oxygen atoms in total. The molecule has 0 aliphatic carbocycles. The number of aromatic nitrogens is 1. The molecule has 2 aromatic rings. The van der Waals surface area contributed by atoms with Crippen LogP contribution in [-0.4, -0.2) is 23.3 Å². The van der Waals surface area contributed by atoms with Gasteiger partial charge in [0.15, 0.2) is 0 Å². The highest BCUT2D eigenvalue weighted by Crippen LogP contribution is 2.19. The lowest BCUT2D eigenvalue weighted by Gasteiger charge is -2.08. The summed E-state index contributed by atoms with van der Waals surface area (Å²) in [6.07, 6.45) is 4.63. The molecule has 0 aliphatic rings. The standard InChI is InChI=1S/C15H14BrN3O2S/c1-10-8-11(16)2-3-12(10)19-14(21)9-18-13(20)4-5-15-17-6-7-22-15/h2-8H,9H2,1H3,(H,18,20)(H,19,21). The third kappa shape index (κ3) is 5.09. The van der Waals surface area contributed by atoms with Crippen molar-refractivity contribution >= 4 is 50.8 Å². The summed E-state index contributed by atoms with van der Waals surface area (Å²) in [6, 6.07) is 5.56. The van der Waals surface area contributed by atoms with Gasteiger partial charge in [-0.2, -0.15) is 0 Å². The van der Waals surface area contributed by atoms with Crippen molar-refractivity contribution in [3.05, 3.63) is 50.9 Å². The molecule has 0 aliphatic heterocycles. The number of nitrogens with zero attached hydrogens (tertiary/aromatic N) is 1. The van der Waals surface area contributed by atoms with Crippen molar-refractivity contribution in [1.82, 2.24) is 10.3 Å². The number of anilines is 1. The van der Waals surface area contributed by atoms with Crippen molar-refractivity contribution in [2.75, 3.05) is 11.9 Å². The number of amides is 2. The fourth-order valence-electron chi connectivity index (χ4n) is 1.65. The van der Waals surface area contributed by atoms with E-state index < -0.39 is 0 Å². The van der Waals surface area contributed by atoms with Gasteiger partial charge < -0.3 is 10.6 Å². The second kappa shape index (κ2) is 7.86. The Labute approximate surface area is 140 Å². The first-order valence-corrected chi connectivity index (χ1v) is 8.13. The molecule has 114 valence electrons. The molecule has 2 rings (SSSR count). The number of carbonyl (C=O) groups excluding carboxylic acids is 2. The normalized spacial score (nSPS) is 10.6. The van der Waals surface area contributed by atoms with Gasteiger partial charge in [-0.3, -0.25) is 9.59 Å². The first kappa shape index (κ1) is 16.4. The first-order valence-electron chi connectivity index (χ1n) is 6.46.